The molecule has 2 fully saturated rings. The van der Waals surface area contributed by atoms with Crippen molar-refractivity contribution in [3.8, 4) is 17.0 Å². The van der Waals surface area contributed by atoms with Crippen LogP contribution < -0.4 is 10.1 Å². The van der Waals surface area contributed by atoms with Crippen molar-refractivity contribution >= 4 is 28.0 Å². The third-order valence-electron chi connectivity index (χ3n) is 6.51. The molecule has 1 saturated carbocycles. The number of rotatable bonds is 4. The fourth-order valence-electron chi connectivity index (χ4n) is 4.81. The van der Waals surface area contributed by atoms with E-state index in [1.807, 2.05) is 25.4 Å². The third kappa shape index (κ3) is 3.18. The summed E-state index contributed by atoms with van der Waals surface area (Å²) < 4.78 is 19.1. The standard InChI is InChI=1S/C22H25N7O3/c1-29-17-11-13(3-4-16(17)27-28-29)15-12-23-19-18(15)20(30-2)26-21(25-19)24-14-5-7-22(8-6-14)31-9-10-32-22/h3-4,11-12,14H,5-10H2,1-2H3,(H2,23,24,25,26). The number of hydrogen-bond donors (Lipinski definition) is 2. The molecule has 1 aromatic carbocycles. The Hall–Kier alpha value is -3.24. The Kier molecular flexibility index (Phi) is 4.51. The van der Waals surface area contributed by atoms with E-state index in [9.17, 15) is 0 Å². The molecule has 10 heteroatoms. The van der Waals surface area contributed by atoms with Crippen LogP contribution in [0.4, 0.5) is 5.95 Å². The highest BCUT2D eigenvalue weighted by Gasteiger charge is 2.40. The molecule has 1 saturated heterocycles. The molecule has 4 heterocycles. The topological polar surface area (TPSA) is 112 Å². The predicted octanol–water partition coefficient (Wildman–Crippen LogP) is 3.01. The van der Waals surface area contributed by atoms with Gasteiger partial charge in [0.25, 0.3) is 0 Å². The minimum atomic E-state index is -0.375. The van der Waals surface area contributed by atoms with Crippen molar-refractivity contribution in [2.45, 2.75) is 37.5 Å². The lowest BCUT2D eigenvalue weighted by Crippen LogP contribution is -2.39. The fourth-order valence-corrected chi connectivity index (χ4v) is 4.81. The summed E-state index contributed by atoms with van der Waals surface area (Å²) in [6.07, 6.45) is 5.58. The van der Waals surface area contributed by atoms with Crippen LogP contribution in [0.5, 0.6) is 5.88 Å². The molecule has 2 aliphatic rings. The second-order valence-corrected chi connectivity index (χ2v) is 8.43. The van der Waals surface area contributed by atoms with Gasteiger partial charge in [0, 0.05) is 37.7 Å². The van der Waals surface area contributed by atoms with Gasteiger partial charge in [-0.15, -0.1) is 5.10 Å². The number of nitrogens with zero attached hydrogens (tertiary/aromatic N) is 5. The summed E-state index contributed by atoms with van der Waals surface area (Å²) in [7, 11) is 3.52. The smallest absolute Gasteiger partial charge is 0.228 e. The Morgan fingerprint density at radius 3 is 2.78 bits per heavy atom. The first-order valence-corrected chi connectivity index (χ1v) is 10.9. The minimum Gasteiger partial charge on any atom is -0.480 e. The molecule has 166 valence electrons. The molecule has 1 aliphatic heterocycles. The second kappa shape index (κ2) is 7.42. The number of fused-ring (bicyclic) bond motifs is 2. The van der Waals surface area contributed by atoms with Gasteiger partial charge in [0.1, 0.15) is 11.2 Å². The van der Waals surface area contributed by atoms with Gasteiger partial charge in [-0.1, -0.05) is 11.3 Å². The lowest BCUT2D eigenvalue weighted by atomic mass is 9.90. The molecule has 0 amide bonds. The van der Waals surface area contributed by atoms with Crippen LogP contribution in [0.15, 0.2) is 24.4 Å². The zero-order chi connectivity index (χ0) is 21.7. The van der Waals surface area contributed by atoms with Crippen LogP contribution in [-0.4, -0.2) is 62.1 Å². The quantitative estimate of drug-likeness (QED) is 0.503. The van der Waals surface area contributed by atoms with E-state index in [0.29, 0.717) is 25.0 Å². The maximum Gasteiger partial charge on any atom is 0.228 e. The van der Waals surface area contributed by atoms with Crippen molar-refractivity contribution in [3.63, 3.8) is 0 Å². The minimum absolute atomic E-state index is 0.268. The molecule has 6 rings (SSSR count). The van der Waals surface area contributed by atoms with Gasteiger partial charge < -0.3 is 24.5 Å². The molecule has 1 aliphatic carbocycles. The van der Waals surface area contributed by atoms with Gasteiger partial charge in [-0.05, 0) is 30.5 Å². The number of anilines is 1. The molecule has 3 aromatic heterocycles. The molecule has 0 unspecified atom stereocenters. The summed E-state index contributed by atoms with van der Waals surface area (Å²) in [5.41, 5.74) is 4.54. The zero-order valence-electron chi connectivity index (χ0n) is 18.1. The van der Waals surface area contributed by atoms with Gasteiger partial charge in [0.05, 0.1) is 31.2 Å². The Bertz CT molecular complexity index is 1280. The molecule has 10 nitrogen and oxygen atoms in total. The van der Waals surface area contributed by atoms with Crippen LogP contribution in [0.3, 0.4) is 0 Å². The Morgan fingerprint density at radius 2 is 2.00 bits per heavy atom. The summed E-state index contributed by atoms with van der Waals surface area (Å²) in [4.78, 5) is 12.7. The number of aromatic amines is 1. The maximum absolute atomic E-state index is 5.83. The van der Waals surface area contributed by atoms with Crippen LogP contribution in [-0.2, 0) is 16.5 Å². The van der Waals surface area contributed by atoms with Crippen molar-refractivity contribution in [1.82, 2.24) is 29.9 Å². The van der Waals surface area contributed by atoms with Crippen molar-refractivity contribution in [1.29, 1.82) is 0 Å². The second-order valence-electron chi connectivity index (χ2n) is 8.43. The van der Waals surface area contributed by atoms with E-state index in [2.05, 4.69) is 31.7 Å². The van der Waals surface area contributed by atoms with Gasteiger partial charge >= 0.3 is 0 Å². The lowest BCUT2D eigenvalue weighted by molar-refractivity contribution is -0.177. The van der Waals surface area contributed by atoms with Crippen molar-refractivity contribution in [2.24, 2.45) is 7.05 Å². The normalized spacial score (nSPS) is 18.7. The van der Waals surface area contributed by atoms with Crippen LogP contribution in [0, 0.1) is 0 Å². The summed E-state index contributed by atoms with van der Waals surface area (Å²) in [5.74, 6) is 0.717. The van der Waals surface area contributed by atoms with Gasteiger partial charge in [-0.25, -0.2) is 4.68 Å². The molecular weight excluding hydrogens is 410 g/mol. The van der Waals surface area contributed by atoms with Gasteiger partial charge in [-0.3, -0.25) is 0 Å². The molecular formula is C22H25N7O3. The number of nitrogens with one attached hydrogen (secondary N) is 2. The Labute approximate surface area is 184 Å². The van der Waals surface area contributed by atoms with Gasteiger partial charge in [0.2, 0.25) is 11.8 Å². The van der Waals surface area contributed by atoms with E-state index in [0.717, 1.165) is 58.9 Å². The number of aryl methyl sites for hydroxylation is 1. The van der Waals surface area contributed by atoms with Crippen LogP contribution in [0.25, 0.3) is 33.2 Å². The van der Waals surface area contributed by atoms with Gasteiger partial charge in [-0.2, -0.15) is 9.97 Å². The Balaban J connectivity index is 1.30. The van der Waals surface area contributed by atoms with Crippen LogP contribution in [0.2, 0.25) is 0 Å². The summed E-state index contributed by atoms with van der Waals surface area (Å²) in [6.45, 7) is 1.38. The SMILES string of the molecule is COc1nc(NC2CCC3(CC2)OCCO3)nc2[nH]cc(-c3ccc4nnn(C)c4c3)c12. The summed E-state index contributed by atoms with van der Waals surface area (Å²) >= 11 is 0. The largest absolute Gasteiger partial charge is 0.480 e. The van der Waals surface area contributed by atoms with E-state index >= 15 is 0 Å². The molecule has 0 atom stereocenters. The fraction of sp³-hybridized carbons (Fsp3) is 0.455. The third-order valence-corrected chi connectivity index (χ3v) is 6.51. The first kappa shape index (κ1) is 19.4. The number of aromatic nitrogens is 6. The van der Waals surface area contributed by atoms with E-state index in [1.165, 1.54) is 0 Å². The Morgan fingerprint density at radius 1 is 1.19 bits per heavy atom. The number of H-pyrrole nitrogens is 1. The molecule has 4 aromatic rings. The predicted molar refractivity (Wildman–Crippen MR) is 118 cm³/mol. The first-order valence-electron chi connectivity index (χ1n) is 10.9. The van der Waals surface area contributed by atoms with Gasteiger partial charge in [0.15, 0.2) is 5.79 Å². The monoisotopic (exact) mass is 435 g/mol. The van der Waals surface area contributed by atoms with Crippen molar-refractivity contribution in [3.05, 3.63) is 24.4 Å². The van der Waals surface area contributed by atoms with E-state index < -0.39 is 0 Å². The molecule has 2 N–H and O–H groups in total. The maximum atomic E-state index is 5.83. The number of benzene rings is 1. The average Bonchev–Trinajstić information content (AvgIpc) is 3.54. The average molecular weight is 435 g/mol. The van der Waals surface area contributed by atoms with E-state index in [4.69, 9.17) is 19.2 Å². The van der Waals surface area contributed by atoms with E-state index in [-0.39, 0.29) is 11.8 Å². The molecule has 0 bridgehead atoms. The zero-order valence-corrected chi connectivity index (χ0v) is 18.1. The summed E-state index contributed by atoms with van der Waals surface area (Å²) in [5, 5.41) is 12.6. The lowest BCUT2D eigenvalue weighted by Gasteiger charge is -2.35. The molecule has 32 heavy (non-hydrogen) atoms. The molecule has 0 radical (unpaired) electrons. The first-order chi connectivity index (χ1) is 15.6. The van der Waals surface area contributed by atoms with Crippen molar-refractivity contribution < 1.29 is 14.2 Å². The number of hydrogen-bond acceptors (Lipinski definition) is 8. The van der Waals surface area contributed by atoms with Crippen LogP contribution >= 0.6 is 0 Å². The summed E-state index contributed by atoms with van der Waals surface area (Å²) in [6, 6.07) is 6.32. The van der Waals surface area contributed by atoms with Crippen LogP contribution in [0.1, 0.15) is 25.7 Å². The molecule has 1 spiro atoms. The van der Waals surface area contributed by atoms with E-state index in [1.54, 1.807) is 11.8 Å². The number of methoxy groups -OCH3 is 1. The van der Waals surface area contributed by atoms with Crippen molar-refractivity contribution in [2.75, 3.05) is 25.6 Å². The highest BCUT2D eigenvalue weighted by molar-refractivity contribution is 5.99. The number of ether oxygens (including phenoxy) is 3. The highest BCUT2D eigenvalue weighted by atomic mass is 16.7. The highest BCUT2D eigenvalue weighted by Crippen LogP contribution is 2.38.